The molecule has 1 fully saturated rings. The predicted molar refractivity (Wildman–Crippen MR) is 112 cm³/mol. The lowest BCUT2D eigenvalue weighted by Gasteiger charge is -2.15. The van der Waals surface area contributed by atoms with Gasteiger partial charge in [0.05, 0.1) is 22.7 Å². The molecule has 1 amide bonds. The van der Waals surface area contributed by atoms with Gasteiger partial charge in [-0.05, 0) is 36.1 Å². The van der Waals surface area contributed by atoms with Crippen molar-refractivity contribution in [2.75, 3.05) is 13.1 Å². The number of carbonyl (C=O) groups excluding carboxylic acids is 1. The highest BCUT2D eigenvalue weighted by Crippen LogP contribution is 2.29. The average molecular weight is 400 g/mol. The molecule has 1 aliphatic heterocycles. The highest BCUT2D eigenvalue weighted by Gasteiger charge is 2.22. The number of nitrogens with zero attached hydrogens (tertiary/aromatic N) is 5. The summed E-state index contributed by atoms with van der Waals surface area (Å²) in [5.74, 6) is -0.0343. The van der Waals surface area contributed by atoms with Crippen LogP contribution in [0.4, 0.5) is 0 Å². The molecule has 0 bridgehead atoms. The number of likely N-dealkylation sites (tertiary alicyclic amines) is 1. The highest BCUT2D eigenvalue weighted by molar-refractivity contribution is 5.98. The molecular weight excluding hydrogens is 378 g/mol. The summed E-state index contributed by atoms with van der Waals surface area (Å²) >= 11 is 0. The van der Waals surface area contributed by atoms with E-state index in [0.717, 1.165) is 58.3 Å². The minimum Gasteiger partial charge on any atom is -0.337 e. The van der Waals surface area contributed by atoms with Crippen LogP contribution in [0, 0.1) is 0 Å². The molecule has 3 aromatic heterocycles. The van der Waals surface area contributed by atoms with Crippen LogP contribution in [0.5, 0.6) is 0 Å². The standard InChI is InChI=1S/C23H22N5O2/c1-26-13-19(12-24-26)16-4-6-17(7-5-16)20-15-28(30)14-18-8-9-21(25-22(18)20)23(29)27-10-2-3-11-27/h4-9,12-15,30H,2-3,10-11H2,1H3/q+1. The van der Waals surface area contributed by atoms with Gasteiger partial charge in [0, 0.05) is 36.6 Å². The van der Waals surface area contributed by atoms with Crippen LogP contribution in [0.2, 0.25) is 0 Å². The minimum atomic E-state index is -0.0343. The van der Waals surface area contributed by atoms with Gasteiger partial charge in [-0.25, -0.2) is 4.98 Å². The first kappa shape index (κ1) is 18.3. The Morgan fingerprint density at radius 3 is 2.43 bits per heavy atom. The number of aryl methyl sites for hydroxylation is 1. The molecule has 1 saturated heterocycles. The van der Waals surface area contributed by atoms with Crippen molar-refractivity contribution in [3.8, 4) is 22.3 Å². The number of hydrogen-bond donors (Lipinski definition) is 1. The van der Waals surface area contributed by atoms with E-state index in [1.165, 1.54) is 0 Å². The number of fused-ring (bicyclic) bond motifs is 1. The number of amides is 1. The van der Waals surface area contributed by atoms with Crippen molar-refractivity contribution in [1.82, 2.24) is 19.7 Å². The predicted octanol–water partition coefficient (Wildman–Crippen LogP) is 3.06. The fraction of sp³-hybridized carbons (Fsp3) is 0.217. The molecule has 0 spiro atoms. The number of rotatable bonds is 3. The normalized spacial score (nSPS) is 13.8. The van der Waals surface area contributed by atoms with Gasteiger partial charge < -0.3 is 4.90 Å². The third-order valence-electron chi connectivity index (χ3n) is 5.56. The molecule has 4 aromatic rings. The number of pyridine rings is 2. The zero-order valence-corrected chi connectivity index (χ0v) is 16.7. The first-order valence-electron chi connectivity index (χ1n) is 10.0. The van der Waals surface area contributed by atoms with E-state index >= 15 is 0 Å². The van der Waals surface area contributed by atoms with Crippen LogP contribution in [-0.2, 0) is 7.05 Å². The minimum absolute atomic E-state index is 0.0343. The van der Waals surface area contributed by atoms with Crippen molar-refractivity contribution in [3.05, 3.63) is 66.9 Å². The number of carbonyl (C=O) groups is 1. The lowest BCUT2D eigenvalue weighted by molar-refractivity contribution is -0.903. The molecule has 4 heterocycles. The van der Waals surface area contributed by atoms with E-state index < -0.39 is 0 Å². The average Bonchev–Trinajstić information content (AvgIpc) is 3.44. The third-order valence-corrected chi connectivity index (χ3v) is 5.56. The SMILES string of the molecule is Cn1cc(-c2ccc(-c3c[n+](O)cc4ccc(C(=O)N5CCCC5)nc34)cc2)cn1. The van der Waals surface area contributed by atoms with Crippen molar-refractivity contribution < 1.29 is 14.7 Å². The largest absolute Gasteiger partial charge is 0.337 e. The van der Waals surface area contributed by atoms with Crippen molar-refractivity contribution >= 4 is 16.8 Å². The van der Waals surface area contributed by atoms with Crippen LogP contribution in [0.3, 0.4) is 0 Å². The molecule has 7 heteroatoms. The Balaban J connectivity index is 1.57. The molecule has 0 saturated carbocycles. The Morgan fingerprint density at radius 2 is 1.73 bits per heavy atom. The molecule has 7 nitrogen and oxygen atoms in total. The second-order valence-electron chi connectivity index (χ2n) is 7.67. The van der Waals surface area contributed by atoms with Gasteiger partial charge in [-0.3, -0.25) is 14.7 Å². The molecule has 150 valence electrons. The van der Waals surface area contributed by atoms with Gasteiger partial charge in [0.25, 0.3) is 5.91 Å². The van der Waals surface area contributed by atoms with E-state index in [9.17, 15) is 10.0 Å². The first-order chi connectivity index (χ1) is 14.6. The third kappa shape index (κ3) is 3.28. The summed E-state index contributed by atoms with van der Waals surface area (Å²) < 4.78 is 2.81. The maximum absolute atomic E-state index is 12.8. The Kier molecular flexibility index (Phi) is 4.43. The van der Waals surface area contributed by atoms with Crippen molar-refractivity contribution in [2.24, 2.45) is 7.05 Å². The number of benzene rings is 1. The van der Waals surface area contributed by atoms with E-state index in [4.69, 9.17) is 4.98 Å². The topological polar surface area (TPSA) is 75.1 Å². The molecule has 1 aromatic carbocycles. The summed E-state index contributed by atoms with van der Waals surface area (Å²) in [6.07, 6.45) is 9.09. The molecule has 1 aliphatic rings. The van der Waals surface area contributed by atoms with Crippen molar-refractivity contribution in [3.63, 3.8) is 0 Å². The fourth-order valence-electron chi connectivity index (χ4n) is 3.99. The van der Waals surface area contributed by atoms with Crippen molar-refractivity contribution in [1.29, 1.82) is 0 Å². The molecule has 0 radical (unpaired) electrons. The van der Waals surface area contributed by atoms with E-state index in [-0.39, 0.29) is 5.91 Å². The van der Waals surface area contributed by atoms with Crippen LogP contribution >= 0.6 is 0 Å². The van der Waals surface area contributed by atoms with Gasteiger partial charge >= 0.3 is 0 Å². The zero-order valence-electron chi connectivity index (χ0n) is 16.7. The first-order valence-corrected chi connectivity index (χ1v) is 10.0. The molecule has 0 aliphatic carbocycles. The Bertz CT molecular complexity index is 1240. The molecule has 30 heavy (non-hydrogen) atoms. The summed E-state index contributed by atoms with van der Waals surface area (Å²) in [7, 11) is 1.89. The van der Waals surface area contributed by atoms with Gasteiger partial charge in [0.1, 0.15) is 5.69 Å². The molecule has 5 rings (SSSR count). The van der Waals surface area contributed by atoms with Crippen LogP contribution in [0.15, 0.2) is 61.2 Å². The van der Waals surface area contributed by atoms with Crippen LogP contribution in [0.25, 0.3) is 33.2 Å². The second kappa shape index (κ2) is 7.26. The summed E-state index contributed by atoms with van der Waals surface area (Å²) in [5, 5.41) is 15.1. The summed E-state index contributed by atoms with van der Waals surface area (Å²) in [4.78, 5) is 19.4. The smallest absolute Gasteiger partial charge is 0.272 e. The highest BCUT2D eigenvalue weighted by atomic mass is 16.5. The molecule has 0 unspecified atom stereocenters. The Labute approximate surface area is 173 Å². The van der Waals surface area contributed by atoms with E-state index in [1.54, 1.807) is 23.1 Å². The molecule has 1 N–H and O–H groups in total. The lowest BCUT2D eigenvalue weighted by Crippen LogP contribution is -2.30. The van der Waals surface area contributed by atoms with Gasteiger partial charge in [-0.15, -0.1) is 0 Å². The number of aromatic nitrogens is 4. The second-order valence-corrected chi connectivity index (χ2v) is 7.67. The van der Waals surface area contributed by atoms with Crippen LogP contribution in [0.1, 0.15) is 23.3 Å². The molecule has 0 atom stereocenters. The monoisotopic (exact) mass is 400 g/mol. The van der Waals surface area contributed by atoms with E-state index in [2.05, 4.69) is 5.10 Å². The van der Waals surface area contributed by atoms with E-state index in [1.807, 2.05) is 54.7 Å². The maximum Gasteiger partial charge on any atom is 0.272 e. The van der Waals surface area contributed by atoms with Crippen molar-refractivity contribution in [2.45, 2.75) is 12.8 Å². The summed E-state index contributed by atoms with van der Waals surface area (Å²) in [5.41, 5.74) is 4.91. The van der Waals surface area contributed by atoms with Crippen LogP contribution in [-0.4, -0.2) is 43.9 Å². The van der Waals surface area contributed by atoms with Gasteiger partial charge in [-0.2, -0.15) is 5.10 Å². The molecular formula is C23H22N5O2+. The van der Waals surface area contributed by atoms with E-state index in [0.29, 0.717) is 11.2 Å². The maximum atomic E-state index is 12.8. The Hall–Kier alpha value is -3.74. The fourth-order valence-corrected chi connectivity index (χ4v) is 3.99. The quantitative estimate of drug-likeness (QED) is 0.424. The summed E-state index contributed by atoms with van der Waals surface area (Å²) in [6, 6.07) is 11.6. The Morgan fingerprint density at radius 1 is 1.00 bits per heavy atom. The zero-order chi connectivity index (χ0) is 20.7. The lowest BCUT2D eigenvalue weighted by atomic mass is 10.0. The van der Waals surface area contributed by atoms with Crippen LogP contribution < -0.4 is 4.73 Å². The van der Waals surface area contributed by atoms with Gasteiger partial charge in [0.2, 0.25) is 12.4 Å². The summed E-state index contributed by atoms with van der Waals surface area (Å²) in [6.45, 7) is 1.57. The van der Waals surface area contributed by atoms with Gasteiger partial charge in [-0.1, -0.05) is 24.3 Å². The number of hydrogen-bond acceptors (Lipinski definition) is 4. The van der Waals surface area contributed by atoms with Gasteiger partial charge in [0.15, 0.2) is 0 Å².